The van der Waals surface area contributed by atoms with Gasteiger partial charge < -0.3 is 20.3 Å². The van der Waals surface area contributed by atoms with Crippen molar-refractivity contribution >= 4 is 0 Å². The summed E-state index contributed by atoms with van der Waals surface area (Å²) in [5, 5.41) is 23.4. The smallest absolute Gasteiger partial charge is 0.504 e. The summed E-state index contributed by atoms with van der Waals surface area (Å²) in [6.07, 6.45) is -4.75. The predicted molar refractivity (Wildman–Crippen MR) is 89.2 cm³/mol. The first-order valence-corrected chi connectivity index (χ1v) is 8.16. The minimum atomic E-state index is -4.75. The number of phenols is 2. The Balaban J connectivity index is 1.96. The first-order chi connectivity index (χ1) is 12.3. The van der Waals surface area contributed by atoms with Gasteiger partial charge >= 0.3 is 6.36 Å². The summed E-state index contributed by atoms with van der Waals surface area (Å²) in [7, 11) is 0. The zero-order valence-electron chi connectivity index (χ0n) is 13.8. The first kappa shape index (κ1) is 18.3. The molecule has 0 unspecified atom stereocenters. The van der Waals surface area contributed by atoms with Crippen molar-refractivity contribution < 1.29 is 28.1 Å². The molecule has 5 nitrogen and oxygen atoms in total. The molecule has 1 aliphatic rings. The molecule has 8 heteroatoms. The molecule has 2 aromatic rings. The number of aromatic hydroxyl groups is 2. The van der Waals surface area contributed by atoms with Gasteiger partial charge in [0.25, 0.3) is 0 Å². The van der Waals surface area contributed by atoms with Crippen LogP contribution in [-0.2, 0) is 0 Å². The molecule has 0 radical (unpaired) electrons. The molecule has 3 rings (SSSR count). The van der Waals surface area contributed by atoms with Crippen LogP contribution in [0, 0.1) is 0 Å². The number of nitrogens with zero attached hydrogens (tertiary/aromatic N) is 1. The molecule has 1 atom stereocenters. The van der Waals surface area contributed by atoms with E-state index in [2.05, 4.69) is 15.0 Å². The van der Waals surface area contributed by atoms with Crippen molar-refractivity contribution in [2.75, 3.05) is 26.2 Å². The van der Waals surface area contributed by atoms with Crippen molar-refractivity contribution in [2.45, 2.75) is 12.4 Å². The van der Waals surface area contributed by atoms with Crippen LogP contribution in [0.15, 0.2) is 42.5 Å². The average molecular weight is 368 g/mol. The van der Waals surface area contributed by atoms with Crippen LogP contribution in [0.1, 0.15) is 17.2 Å². The summed E-state index contributed by atoms with van der Waals surface area (Å²) in [4.78, 5) is 2.10. The molecule has 0 amide bonds. The SMILES string of the molecule is Oc1cccc([C@@H](c2ccc(OC(F)(F)F)cc2)N2CCNCC2)c1O. The van der Waals surface area contributed by atoms with Crippen LogP contribution >= 0.6 is 0 Å². The molecular formula is C18H19F3N2O3. The number of piperazine rings is 1. The fourth-order valence-corrected chi connectivity index (χ4v) is 3.15. The molecule has 1 saturated heterocycles. The summed E-state index contributed by atoms with van der Waals surface area (Å²) in [6.45, 7) is 2.90. The summed E-state index contributed by atoms with van der Waals surface area (Å²) in [6, 6.07) is 9.88. The molecule has 0 aromatic heterocycles. The molecule has 1 heterocycles. The zero-order valence-corrected chi connectivity index (χ0v) is 13.8. The lowest BCUT2D eigenvalue weighted by molar-refractivity contribution is -0.274. The van der Waals surface area contributed by atoms with Crippen molar-refractivity contribution in [2.24, 2.45) is 0 Å². The van der Waals surface area contributed by atoms with Gasteiger partial charge in [-0.15, -0.1) is 13.2 Å². The van der Waals surface area contributed by atoms with E-state index in [1.54, 1.807) is 12.1 Å². The summed E-state index contributed by atoms with van der Waals surface area (Å²) < 4.78 is 41.0. The number of rotatable bonds is 4. The Morgan fingerprint density at radius 1 is 1.00 bits per heavy atom. The highest BCUT2D eigenvalue weighted by Gasteiger charge is 2.31. The van der Waals surface area contributed by atoms with E-state index in [1.165, 1.54) is 30.3 Å². The maximum atomic E-state index is 12.4. The van der Waals surface area contributed by atoms with Crippen molar-refractivity contribution in [1.82, 2.24) is 10.2 Å². The van der Waals surface area contributed by atoms with Crippen molar-refractivity contribution in [3.8, 4) is 17.2 Å². The normalized spacial score (nSPS) is 17.0. The molecule has 0 spiro atoms. The van der Waals surface area contributed by atoms with E-state index < -0.39 is 12.4 Å². The van der Waals surface area contributed by atoms with E-state index in [0.717, 1.165) is 13.1 Å². The quantitative estimate of drug-likeness (QED) is 0.724. The van der Waals surface area contributed by atoms with Crippen LogP contribution in [0.4, 0.5) is 13.2 Å². The lowest BCUT2D eigenvalue weighted by Gasteiger charge is -2.36. The highest BCUT2D eigenvalue weighted by molar-refractivity contribution is 5.49. The van der Waals surface area contributed by atoms with Gasteiger partial charge in [-0.2, -0.15) is 0 Å². The van der Waals surface area contributed by atoms with Crippen LogP contribution in [0.5, 0.6) is 17.2 Å². The highest BCUT2D eigenvalue weighted by Crippen LogP contribution is 2.39. The standard InChI is InChI=1S/C18H19F3N2O3/c19-18(20,21)26-13-6-4-12(5-7-13)16(23-10-8-22-9-11-23)14-2-1-3-15(24)17(14)25/h1-7,16,22,24-25H,8-11H2/t16-/m1/s1. The fourth-order valence-electron chi connectivity index (χ4n) is 3.15. The monoisotopic (exact) mass is 368 g/mol. The van der Waals surface area contributed by atoms with Crippen molar-refractivity contribution in [3.63, 3.8) is 0 Å². The Morgan fingerprint density at radius 2 is 1.65 bits per heavy atom. The van der Waals surface area contributed by atoms with Crippen LogP contribution < -0.4 is 10.1 Å². The van der Waals surface area contributed by atoms with E-state index in [-0.39, 0.29) is 17.2 Å². The van der Waals surface area contributed by atoms with E-state index in [1.807, 2.05) is 0 Å². The third-order valence-electron chi connectivity index (χ3n) is 4.29. The molecule has 0 aliphatic carbocycles. The predicted octanol–water partition coefficient (Wildman–Crippen LogP) is 2.99. The molecule has 0 bridgehead atoms. The van der Waals surface area contributed by atoms with Gasteiger partial charge in [-0.1, -0.05) is 24.3 Å². The molecule has 1 fully saturated rings. The van der Waals surface area contributed by atoms with Gasteiger partial charge in [0.1, 0.15) is 5.75 Å². The number of ether oxygens (including phenoxy) is 1. The van der Waals surface area contributed by atoms with Gasteiger partial charge in [0.15, 0.2) is 11.5 Å². The van der Waals surface area contributed by atoms with E-state index in [0.29, 0.717) is 24.2 Å². The maximum Gasteiger partial charge on any atom is 0.573 e. The fraction of sp³-hybridized carbons (Fsp3) is 0.333. The lowest BCUT2D eigenvalue weighted by Crippen LogP contribution is -2.45. The van der Waals surface area contributed by atoms with Gasteiger partial charge in [0, 0.05) is 31.7 Å². The Bertz CT molecular complexity index is 744. The second-order valence-electron chi connectivity index (χ2n) is 6.02. The number of benzene rings is 2. The number of para-hydroxylation sites is 1. The maximum absolute atomic E-state index is 12.4. The third-order valence-corrected chi connectivity index (χ3v) is 4.29. The van der Waals surface area contributed by atoms with Crippen LogP contribution in [-0.4, -0.2) is 47.7 Å². The molecule has 1 aliphatic heterocycles. The Kier molecular flexibility index (Phi) is 5.24. The molecule has 3 N–H and O–H groups in total. The Hall–Kier alpha value is -2.45. The zero-order chi connectivity index (χ0) is 18.7. The summed E-state index contributed by atoms with van der Waals surface area (Å²) in [5.41, 5.74) is 1.19. The molecule has 0 saturated carbocycles. The summed E-state index contributed by atoms with van der Waals surface area (Å²) >= 11 is 0. The largest absolute Gasteiger partial charge is 0.573 e. The van der Waals surface area contributed by atoms with Crippen molar-refractivity contribution in [1.29, 1.82) is 0 Å². The van der Waals surface area contributed by atoms with Crippen LogP contribution in [0.25, 0.3) is 0 Å². The van der Waals surface area contributed by atoms with Crippen LogP contribution in [0.2, 0.25) is 0 Å². The number of hydrogen-bond donors (Lipinski definition) is 3. The molecular weight excluding hydrogens is 349 g/mol. The van der Waals surface area contributed by atoms with Gasteiger partial charge in [0.2, 0.25) is 0 Å². The molecule has 2 aromatic carbocycles. The van der Waals surface area contributed by atoms with Gasteiger partial charge in [-0.05, 0) is 23.8 Å². The van der Waals surface area contributed by atoms with Gasteiger partial charge in [-0.25, -0.2) is 0 Å². The molecule has 140 valence electrons. The Morgan fingerprint density at radius 3 is 2.27 bits per heavy atom. The minimum absolute atomic E-state index is 0.230. The number of halogens is 3. The van der Waals surface area contributed by atoms with E-state index in [9.17, 15) is 23.4 Å². The second kappa shape index (κ2) is 7.43. The average Bonchev–Trinajstić information content (AvgIpc) is 2.60. The molecule has 26 heavy (non-hydrogen) atoms. The van der Waals surface area contributed by atoms with Crippen molar-refractivity contribution in [3.05, 3.63) is 53.6 Å². The number of alkyl halides is 3. The minimum Gasteiger partial charge on any atom is -0.504 e. The van der Waals surface area contributed by atoms with Gasteiger partial charge in [0.05, 0.1) is 6.04 Å². The Labute approximate surface area is 148 Å². The highest BCUT2D eigenvalue weighted by atomic mass is 19.4. The third kappa shape index (κ3) is 4.20. The summed E-state index contributed by atoms with van der Waals surface area (Å²) in [5.74, 6) is -0.772. The number of nitrogens with one attached hydrogen (secondary N) is 1. The second-order valence-corrected chi connectivity index (χ2v) is 6.02. The van der Waals surface area contributed by atoms with E-state index >= 15 is 0 Å². The lowest BCUT2D eigenvalue weighted by atomic mass is 9.95. The van der Waals surface area contributed by atoms with Gasteiger partial charge in [-0.3, -0.25) is 4.90 Å². The van der Waals surface area contributed by atoms with E-state index in [4.69, 9.17) is 0 Å². The van der Waals surface area contributed by atoms with Crippen LogP contribution in [0.3, 0.4) is 0 Å². The number of hydrogen-bond acceptors (Lipinski definition) is 5. The number of phenolic OH excluding ortho intramolecular Hbond substituents is 2. The topological polar surface area (TPSA) is 65.0 Å². The first-order valence-electron chi connectivity index (χ1n) is 8.16.